The summed E-state index contributed by atoms with van der Waals surface area (Å²) in [6, 6.07) is 6.78. The Morgan fingerprint density at radius 3 is 2.76 bits per heavy atom. The lowest BCUT2D eigenvalue weighted by Gasteiger charge is -2.10. The number of ether oxygens (including phenoxy) is 1. The summed E-state index contributed by atoms with van der Waals surface area (Å²) in [5, 5.41) is 9.90. The summed E-state index contributed by atoms with van der Waals surface area (Å²) in [7, 11) is 0. The third kappa shape index (κ3) is 2.69. The molecule has 0 atom stereocenters. The zero-order valence-corrected chi connectivity index (χ0v) is 10.2. The van der Waals surface area contributed by atoms with Crippen molar-refractivity contribution in [2.75, 3.05) is 0 Å². The van der Waals surface area contributed by atoms with Gasteiger partial charge in [-0.15, -0.1) is 0 Å². The molecule has 2 rings (SSSR count). The Labute approximate surface area is 109 Å². The summed E-state index contributed by atoms with van der Waals surface area (Å²) in [5.74, 6) is 0.890. The first-order valence-electron chi connectivity index (χ1n) is 4.88. The molecule has 0 fully saturated rings. The van der Waals surface area contributed by atoms with Gasteiger partial charge >= 0.3 is 0 Å². The average molecular weight is 270 g/mol. The van der Waals surface area contributed by atoms with Gasteiger partial charge < -0.3 is 9.84 Å². The van der Waals surface area contributed by atoms with Gasteiger partial charge in [0, 0.05) is 11.8 Å². The van der Waals surface area contributed by atoms with Crippen LogP contribution in [0.5, 0.6) is 11.5 Å². The van der Waals surface area contributed by atoms with E-state index in [0.29, 0.717) is 27.1 Å². The van der Waals surface area contributed by atoms with Crippen molar-refractivity contribution in [3.05, 3.63) is 52.3 Å². The summed E-state index contributed by atoms with van der Waals surface area (Å²) in [6.07, 6.45) is 3.10. The minimum absolute atomic E-state index is 0.129. The van der Waals surface area contributed by atoms with E-state index in [2.05, 4.69) is 4.98 Å². The molecule has 1 heterocycles. The van der Waals surface area contributed by atoms with Crippen LogP contribution in [0.15, 0.2) is 36.7 Å². The van der Waals surface area contributed by atoms with Crippen molar-refractivity contribution < 1.29 is 9.84 Å². The van der Waals surface area contributed by atoms with E-state index < -0.39 is 0 Å². The number of aromatic nitrogens is 1. The zero-order valence-electron chi connectivity index (χ0n) is 8.73. The molecule has 0 aliphatic rings. The molecule has 0 spiro atoms. The lowest BCUT2D eigenvalue weighted by Crippen LogP contribution is -1.93. The lowest BCUT2D eigenvalue weighted by molar-refractivity contribution is 0.276. The number of hydrogen-bond donors (Lipinski definition) is 1. The van der Waals surface area contributed by atoms with Crippen LogP contribution in [-0.4, -0.2) is 10.1 Å². The van der Waals surface area contributed by atoms with Gasteiger partial charge in [0.15, 0.2) is 5.75 Å². The van der Waals surface area contributed by atoms with E-state index in [0.717, 1.165) is 0 Å². The van der Waals surface area contributed by atoms with Gasteiger partial charge in [0.2, 0.25) is 0 Å². The fourth-order valence-electron chi connectivity index (χ4n) is 1.31. The number of aliphatic hydroxyl groups excluding tert-OH is 1. The molecule has 0 aliphatic heterocycles. The number of benzene rings is 1. The predicted molar refractivity (Wildman–Crippen MR) is 66.7 cm³/mol. The molecule has 3 nitrogen and oxygen atoms in total. The van der Waals surface area contributed by atoms with Crippen LogP contribution in [-0.2, 0) is 6.61 Å². The highest BCUT2D eigenvalue weighted by molar-refractivity contribution is 6.42. The minimum Gasteiger partial charge on any atom is -0.454 e. The molecule has 0 saturated carbocycles. The number of rotatable bonds is 3. The Bertz CT molecular complexity index is 532. The first kappa shape index (κ1) is 12.2. The molecule has 88 valence electrons. The standard InChI is InChI=1S/C12H9Cl2NO2/c13-9-2-1-3-10(12(9)14)17-11-6-15-5-4-8(11)7-16/h1-6,16H,7H2. The van der Waals surface area contributed by atoms with E-state index in [1.54, 1.807) is 30.5 Å². The molecule has 0 unspecified atom stereocenters. The van der Waals surface area contributed by atoms with E-state index in [1.807, 2.05) is 0 Å². The van der Waals surface area contributed by atoms with Gasteiger partial charge in [-0.1, -0.05) is 29.3 Å². The van der Waals surface area contributed by atoms with Crippen molar-refractivity contribution in [3.63, 3.8) is 0 Å². The summed E-state index contributed by atoms with van der Waals surface area (Å²) in [5.41, 5.74) is 0.635. The van der Waals surface area contributed by atoms with Crippen LogP contribution in [0.4, 0.5) is 0 Å². The van der Waals surface area contributed by atoms with Crippen LogP contribution in [0.1, 0.15) is 5.56 Å². The average Bonchev–Trinajstić information content (AvgIpc) is 2.35. The van der Waals surface area contributed by atoms with Crippen molar-refractivity contribution in [2.45, 2.75) is 6.61 Å². The summed E-state index contributed by atoms with van der Waals surface area (Å²) in [4.78, 5) is 3.93. The van der Waals surface area contributed by atoms with Crippen LogP contribution >= 0.6 is 23.2 Å². The van der Waals surface area contributed by atoms with Crippen LogP contribution in [0.3, 0.4) is 0 Å². The summed E-state index contributed by atoms with van der Waals surface area (Å²) >= 11 is 11.9. The van der Waals surface area contributed by atoms with Crippen molar-refractivity contribution in [2.24, 2.45) is 0 Å². The van der Waals surface area contributed by atoms with Crippen molar-refractivity contribution in [3.8, 4) is 11.5 Å². The van der Waals surface area contributed by atoms with Gasteiger partial charge in [-0.25, -0.2) is 0 Å². The molecule has 1 N–H and O–H groups in total. The van der Waals surface area contributed by atoms with E-state index in [9.17, 15) is 0 Å². The second kappa shape index (κ2) is 5.36. The third-order valence-electron chi connectivity index (χ3n) is 2.18. The maximum Gasteiger partial charge on any atom is 0.151 e. The van der Waals surface area contributed by atoms with Crippen LogP contribution < -0.4 is 4.74 Å². The molecule has 0 saturated heterocycles. The molecule has 2 aromatic rings. The minimum atomic E-state index is -0.129. The quantitative estimate of drug-likeness (QED) is 0.925. The number of halogens is 2. The predicted octanol–water partition coefficient (Wildman–Crippen LogP) is 3.67. The van der Waals surface area contributed by atoms with E-state index in [1.165, 1.54) is 6.20 Å². The summed E-state index contributed by atoms with van der Waals surface area (Å²) < 4.78 is 5.57. The molecule has 5 heteroatoms. The van der Waals surface area contributed by atoms with Crippen LogP contribution in [0.2, 0.25) is 10.0 Å². The lowest BCUT2D eigenvalue weighted by atomic mass is 10.2. The maximum absolute atomic E-state index is 9.15. The Hall–Kier alpha value is -1.29. The maximum atomic E-state index is 9.15. The van der Waals surface area contributed by atoms with E-state index in [-0.39, 0.29) is 6.61 Å². The van der Waals surface area contributed by atoms with Gasteiger partial charge in [0.1, 0.15) is 10.8 Å². The highest BCUT2D eigenvalue weighted by atomic mass is 35.5. The number of aliphatic hydroxyl groups is 1. The molecule has 0 aliphatic carbocycles. The van der Waals surface area contributed by atoms with E-state index >= 15 is 0 Å². The molecule has 1 aromatic heterocycles. The van der Waals surface area contributed by atoms with Gasteiger partial charge in [-0.05, 0) is 18.2 Å². The Kier molecular flexibility index (Phi) is 3.84. The largest absolute Gasteiger partial charge is 0.454 e. The topological polar surface area (TPSA) is 42.4 Å². The molecule has 1 aromatic carbocycles. The molecular weight excluding hydrogens is 261 g/mol. The van der Waals surface area contributed by atoms with Crippen molar-refractivity contribution in [1.82, 2.24) is 4.98 Å². The Morgan fingerprint density at radius 1 is 1.18 bits per heavy atom. The summed E-state index contributed by atoms with van der Waals surface area (Å²) in [6.45, 7) is -0.129. The number of pyridine rings is 1. The second-order valence-corrected chi connectivity index (χ2v) is 4.08. The normalized spacial score (nSPS) is 10.3. The molecule has 0 amide bonds. The Morgan fingerprint density at radius 2 is 2.00 bits per heavy atom. The van der Waals surface area contributed by atoms with Gasteiger partial charge in [0.05, 0.1) is 17.8 Å². The highest BCUT2D eigenvalue weighted by Gasteiger charge is 2.09. The fraction of sp³-hybridized carbons (Fsp3) is 0.0833. The van der Waals surface area contributed by atoms with Crippen LogP contribution in [0, 0.1) is 0 Å². The fourth-order valence-corrected chi connectivity index (χ4v) is 1.64. The van der Waals surface area contributed by atoms with Crippen LogP contribution in [0.25, 0.3) is 0 Å². The molecule has 0 radical (unpaired) electrons. The van der Waals surface area contributed by atoms with E-state index in [4.69, 9.17) is 33.0 Å². The number of nitrogens with zero attached hydrogens (tertiary/aromatic N) is 1. The van der Waals surface area contributed by atoms with Gasteiger partial charge in [-0.2, -0.15) is 0 Å². The van der Waals surface area contributed by atoms with Gasteiger partial charge in [0.25, 0.3) is 0 Å². The smallest absolute Gasteiger partial charge is 0.151 e. The van der Waals surface area contributed by atoms with Crippen molar-refractivity contribution >= 4 is 23.2 Å². The first-order valence-corrected chi connectivity index (χ1v) is 5.63. The SMILES string of the molecule is OCc1ccncc1Oc1cccc(Cl)c1Cl. The molecular formula is C12H9Cl2NO2. The van der Waals surface area contributed by atoms with Crippen molar-refractivity contribution in [1.29, 1.82) is 0 Å². The third-order valence-corrected chi connectivity index (χ3v) is 2.98. The van der Waals surface area contributed by atoms with Gasteiger partial charge in [-0.3, -0.25) is 4.98 Å². The monoisotopic (exact) mass is 269 g/mol. The second-order valence-electron chi connectivity index (χ2n) is 3.30. The zero-order chi connectivity index (χ0) is 12.3. The first-order chi connectivity index (χ1) is 8.22. The number of hydrogen-bond acceptors (Lipinski definition) is 3. The molecule has 17 heavy (non-hydrogen) atoms. The Balaban J connectivity index is 2.35. The molecule has 0 bridgehead atoms. The highest BCUT2D eigenvalue weighted by Crippen LogP contribution is 2.35.